The van der Waals surface area contributed by atoms with Gasteiger partial charge in [0.25, 0.3) is 0 Å². The first-order valence-corrected chi connectivity index (χ1v) is 8.06. The van der Waals surface area contributed by atoms with Crippen LogP contribution in [-0.4, -0.2) is 27.6 Å². The number of hydrogen-bond donors (Lipinski definition) is 2. The van der Waals surface area contributed by atoms with Crippen molar-refractivity contribution in [2.24, 2.45) is 0 Å². The molecule has 0 aliphatic carbocycles. The Balaban J connectivity index is 1.93. The Labute approximate surface area is 137 Å². The number of carboxylic acid groups (broad SMARTS) is 1. The minimum absolute atomic E-state index is 0.0655. The predicted molar refractivity (Wildman–Crippen MR) is 87.6 cm³/mol. The van der Waals surface area contributed by atoms with Crippen molar-refractivity contribution >= 4 is 23.2 Å². The van der Waals surface area contributed by atoms with Crippen molar-refractivity contribution in [1.29, 1.82) is 0 Å². The van der Waals surface area contributed by atoms with E-state index in [1.165, 1.54) is 4.57 Å². The normalized spacial score (nSPS) is 11.9. The van der Waals surface area contributed by atoms with Crippen molar-refractivity contribution in [3.63, 3.8) is 0 Å². The van der Waals surface area contributed by atoms with Gasteiger partial charge in [0.05, 0.1) is 0 Å². The zero-order chi connectivity index (χ0) is 16.8. The maximum atomic E-state index is 12.0. The molecule has 0 unspecified atom stereocenters. The topological polar surface area (TPSA) is 88.4 Å². The number of rotatable bonds is 7. The van der Waals surface area contributed by atoms with E-state index in [9.17, 15) is 19.5 Å². The van der Waals surface area contributed by atoms with Crippen molar-refractivity contribution in [3.05, 3.63) is 56.6 Å². The van der Waals surface area contributed by atoms with E-state index in [0.29, 0.717) is 0 Å². The van der Waals surface area contributed by atoms with E-state index in [4.69, 9.17) is 0 Å². The lowest BCUT2D eigenvalue weighted by molar-refractivity contribution is -0.141. The number of carboxylic acids is 1. The largest absolute Gasteiger partial charge is 0.480 e. The first-order chi connectivity index (χ1) is 11.0. The molecule has 0 bridgehead atoms. The van der Waals surface area contributed by atoms with Crippen molar-refractivity contribution < 1.29 is 14.7 Å². The first-order valence-electron chi connectivity index (χ1n) is 7.18. The molecule has 2 rings (SSSR count). The number of carbonyl (C=O) groups excluding carboxylic acids is 1. The lowest BCUT2D eigenvalue weighted by atomic mass is 10.1. The van der Waals surface area contributed by atoms with Gasteiger partial charge >= 0.3 is 10.8 Å². The van der Waals surface area contributed by atoms with Crippen LogP contribution in [0.5, 0.6) is 0 Å². The highest BCUT2D eigenvalue weighted by atomic mass is 32.1. The summed E-state index contributed by atoms with van der Waals surface area (Å²) in [6, 6.07) is 8.14. The minimum atomic E-state index is -1.08. The minimum Gasteiger partial charge on any atom is -0.480 e. The molecule has 0 radical (unpaired) electrons. The Morgan fingerprint density at radius 1 is 1.30 bits per heavy atom. The van der Waals surface area contributed by atoms with Gasteiger partial charge in [-0.2, -0.15) is 0 Å². The molecule has 0 saturated carbocycles. The van der Waals surface area contributed by atoms with E-state index < -0.39 is 12.0 Å². The fraction of sp³-hybridized carbons (Fsp3) is 0.312. The van der Waals surface area contributed by atoms with E-state index in [-0.39, 0.29) is 30.2 Å². The smallest absolute Gasteiger partial charge is 0.326 e. The number of nitrogens with one attached hydrogen (secondary N) is 1. The number of carbonyl (C=O) groups is 2. The number of nitrogens with zero attached hydrogens (tertiary/aromatic N) is 1. The Kier molecular flexibility index (Phi) is 5.70. The van der Waals surface area contributed by atoms with E-state index in [1.807, 2.05) is 30.3 Å². The van der Waals surface area contributed by atoms with Gasteiger partial charge in [-0.3, -0.25) is 9.59 Å². The second kappa shape index (κ2) is 7.73. The van der Waals surface area contributed by atoms with E-state index in [2.05, 4.69) is 5.32 Å². The third kappa shape index (κ3) is 4.79. The summed E-state index contributed by atoms with van der Waals surface area (Å²) in [7, 11) is 0. The molecule has 0 fully saturated rings. The summed E-state index contributed by atoms with van der Waals surface area (Å²) in [5.41, 5.74) is 1.64. The second-order valence-corrected chi connectivity index (χ2v) is 6.01. The fourth-order valence-corrected chi connectivity index (χ4v) is 2.97. The summed E-state index contributed by atoms with van der Waals surface area (Å²) in [5.74, 6) is -1.46. The molecule has 0 aliphatic heterocycles. The molecule has 122 valence electrons. The molecule has 7 heteroatoms. The Morgan fingerprint density at radius 2 is 2.00 bits per heavy atom. The third-order valence-corrected chi connectivity index (χ3v) is 4.34. The van der Waals surface area contributed by atoms with Gasteiger partial charge in [0, 0.05) is 30.5 Å². The van der Waals surface area contributed by atoms with E-state index in [1.54, 1.807) is 12.3 Å². The lowest BCUT2D eigenvalue weighted by Crippen LogP contribution is -2.42. The van der Waals surface area contributed by atoms with Crippen LogP contribution in [0.15, 0.2) is 40.5 Å². The molecule has 1 amide bonds. The quantitative estimate of drug-likeness (QED) is 0.801. The maximum Gasteiger partial charge on any atom is 0.326 e. The van der Waals surface area contributed by atoms with Gasteiger partial charge in [-0.15, -0.1) is 0 Å². The SMILES string of the molecule is Cc1csc(=O)n1CCC(=O)N[C@H](Cc1ccccc1)C(=O)O. The molecule has 0 saturated heterocycles. The Bertz CT molecular complexity index is 736. The van der Waals surface area contributed by atoms with Gasteiger partial charge < -0.3 is 15.0 Å². The van der Waals surface area contributed by atoms with Crippen LogP contribution in [-0.2, 0) is 22.6 Å². The summed E-state index contributed by atoms with van der Waals surface area (Å²) in [4.78, 5) is 34.8. The van der Waals surface area contributed by atoms with Gasteiger partial charge in [-0.25, -0.2) is 4.79 Å². The standard InChI is InChI=1S/C16H18N2O4S/c1-11-10-23-16(22)18(11)8-7-14(19)17-13(15(20)21)9-12-5-3-2-4-6-12/h2-6,10,13H,7-9H2,1H3,(H,17,19)(H,20,21)/t13-/m1/s1. The highest BCUT2D eigenvalue weighted by molar-refractivity contribution is 7.07. The predicted octanol–water partition coefficient (Wildman–Crippen LogP) is 1.42. The summed E-state index contributed by atoms with van der Waals surface area (Å²) >= 11 is 1.08. The van der Waals surface area contributed by atoms with Crippen LogP contribution in [0.1, 0.15) is 17.7 Å². The molecule has 1 aromatic carbocycles. The van der Waals surface area contributed by atoms with Crippen LogP contribution in [0, 0.1) is 6.92 Å². The van der Waals surface area contributed by atoms with Crippen LogP contribution in [0.2, 0.25) is 0 Å². The average molecular weight is 334 g/mol. The summed E-state index contributed by atoms with van der Waals surface area (Å²) in [6.07, 6.45) is 0.287. The van der Waals surface area contributed by atoms with Gasteiger partial charge in [-0.1, -0.05) is 41.7 Å². The molecule has 0 spiro atoms. The van der Waals surface area contributed by atoms with E-state index in [0.717, 1.165) is 22.6 Å². The zero-order valence-electron chi connectivity index (χ0n) is 12.7. The Morgan fingerprint density at radius 3 is 2.57 bits per heavy atom. The fourth-order valence-electron chi connectivity index (χ4n) is 2.20. The first kappa shape index (κ1) is 17.0. The van der Waals surface area contributed by atoms with Gasteiger partial charge in [0.15, 0.2) is 0 Å². The van der Waals surface area contributed by atoms with Crippen molar-refractivity contribution in [2.75, 3.05) is 0 Å². The molecule has 1 heterocycles. The van der Waals surface area contributed by atoms with E-state index >= 15 is 0 Å². The number of amides is 1. The summed E-state index contributed by atoms with van der Waals surface area (Å²) in [5, 5.41) is 13.5. The molecule has 1 aromatic heterocycles. The molecule has 2 aromatic rings. The molecular weight excluding hydrogens is 316 g/mol. The highest BCUT2D eigenvalue weighted by Gasteiger charge is 2.20. The summed E-state index contributed by atoms with van der Waals surface area (Å²) in [6.45, 7) is 2.04. The van der Waals surface area contributed by atoms with Crippen molar-refractivity contribution in [2.45, 2.75) is 32.4 Å². The monoisotopic (exact) mass is 334 g/mol. The number of aromatic nitrogens is 1. The number of hydrogen-bond acceptors (Lipinski definition) is 4. The highest BCUT2D eigenvalue weighted by Crippen LogP contribution is 2.05. The molecule has 1 atom stereocenters. The lowest BCUT2D eigenvalue weighted by Gasteiger charge is -2.15. The second-order valence-electron chi connectivity index (χ2n) is 5.19. The van der Waals surface area contributed by atoms with Crippen LogP contribution in [0.25, 0.3) is 0 Å². The number of aliphatic carboxylic acids is 1. The van der Waals surface area contributed by atoms with Crippen LogP contribution in [0.3, 0.4) is 0 Å². The molecule has 2 N–H and O–H groups in total. The van der Waals surface area contributed by atoms with Gasteiger partial charge in [0.2, 0.25) is 5.91 Å². The van der Waals surface area contributed by atoms with Crippen LogP contribution < -0.4 is 10.2 Å². The number of aryl methyl sites for hydroxylation is 1. The summed E-state index contributed by atoms with van der Waals surface area (Å²) < 4.78 is 1.51. The van der Waals surface area contributed by atoms with Crippen molar-refractivity contribution in [1.82, 2.24) is 9.88 Å². The average Bonchev–Trinajstić information content (AvgIpc) is 2.84. The number of thiazole rings is 1. The molecule has 0 aliphatic rings. The molecule has 23 heavy (non-hydrogen) atoms. The Hall–Kier alpha value is -2.41. The van der Waals surface area contributed by atoms with Crippen LogP contribution in [0.4, 0.5) is 0 Å². The maximum absolute atomic E-state index is 12.0. The van der Waals surface area contributed by atoms with Gasteiger partial charge in [-0.05, 0) is 12.5 Å². The van der Waals surface area contributed by atoms with Crippen LogP contribution >= 0.6 is 11.3 Å². The zero-order valence-corrected chi connectivity index (χ0v) is 13.5. The van der Waals surface area contributed by atoms with Gasteiger partial charge in [0.1, 0.15) is 6.04 Å². The molecule has 6 nitrogen and oxygen atoms in total. The van der Waals surface area contributed by atoms with Crippen molar-refractivity contribution in [3.8, 4) is 0 Å². The number of benzene rings is 1. The molecular formula is C16H18N2O4S. The third-order valence-electron chi connectivity index (χ3n) is 3.45.